The van der Waals surface area contributed by atoms with Gasteiger partial charge in [-0.1, -0.05) is 35.9 Å². The van der Waals surface area contributed by atoms with Gasteiger partial charge in [0.1, 0.15) is 0 Å². The molecule has 0 radical (unpaired) electrons. The quantitative estimate of drug-likeness (QED) is 0.562. The van der Waals surface area contributed by atoms with Crippen LogP contribution < -0.4 is 5.43 Å². The van der Waals surface area contributed by atoms with E-state index in [-0.39, 0.29) is 5.91 Å². The number of nitrogens with zero attached hydrogens (tertiary/aromatic N) is 1. The predicted molar refractivity (Wildman–Crippen MR) is 89.3 cm³/mol. The number of aryl methyl sites for hydroxylation is 2. The number of hydrazone groups is 1. The van der Waals surface area contributed by atoms with Crippen molar-refractivity contribution in [3.63, 3.8) is 0 Å². The van der Waals surface area contributed by atoms with Gasteiger partial charge in [-0.05, 0) is 32.0 Å². The number of hydrogen-bond acceptors (Lipinski definition) is 2. The van der Waals surface area contributed by atoms with Crippen LogP contribution in [0.4, 0.5) is 0 Å². The van der Waals surface area contributed by atoms with E-state index in [0.717, 1.165) is 27.7 Å². The fraction of sp³-hybridized carbons (Fsp3) is 0.111. The number of aromatic nitrogens is 1. The lowest BCUT2D eigenvalue weighted by Crippen LogP contribution is -2.17. The Morgan fingerprint density at radius 3 is 2.59 bits per heavy atom. The van der Waals surface area contributed by atoms with Gasteiger partial charge in [0.05, 0.1) is 6.21 Å². The van der Waals surface area contributed by atoms with Crippen molar-refractivity contribution in [1.82, 2.24) is 10.4 Å². The Hall–Kier alpha value is -2.88. The highest BCUT2D eigenvalue weighted by molar-refractivity contribution is 6.01. The van der Waals surface area contributed by atoms with Crippen LogP contribution in [0.5, 0.6) is 0 Å². The Morgan fingerprint density at radius 1 is 1.09 bits per heavy atom. The number of aromatic amines is 1. The Bertz CT molecular complexity index is 844. The molecule has 22 heavy (non-hydrogen) atoms. The second-order valence-corrected chi connectivity index (χ2v) is 5.27. The molecule has 0 atom stereocenters. The summed E-state index contributed by atoms with van der Waals surface area (Å²) in [6, 6.07) is 15.4. The molecule has 0 spiro atoms. The molecule has 1 heterocycles. The summed E-state index contributed by atoms with van der Waals surface area (Å²) in [6.45, 7) is 3.97. The lowest BCUT2D eigenvalue weighted by atomic mass is 10.1. The summed E-state index contributed by atoms with van der Waals surface area (Å²) in [5.74, 6) is -0.214. The third-order valence-corrected chi connectivity index (χ3v) is 3.62. The highest BCUT2D eigenvalue weighted by Crippen LogP contribution is 2.19. The summed E-state index contributed by atoms with van der Waals surface area (Å²) in [5, 5.41) is 5.17. The van der Waals surface area contributed by atoms with E-state index in [2.05, 4.69) is 15.5 Å². The van der Waals surface area contributed by atoms with Crippen molar-refractivity contribution in [3.05, 3.63) is 70.9 Å². The van der Waals surface area contributed by atoms with Gasteiger partial charge >= 0.3 is 0 Å². The Balaban J connectivity index is 1.77. The van der Waals surface area contributed by atoms with E-state index in [1.54, 1.807) is 18.3 Å². The molecule has 3 rings (SSSR count). The average Bonchev–Trinajstić information content (AvgIpc) is 2.84. The van der Waals surface area contributed by atoms with Crippen LogP contribution in [0, 0.1) is 13.8 Å². The SMILES string of the molecule is Cc1ccc(C(=O)NN=Cc2c(C)[nH]c3ccccc23)cc1. The van der Waals surface area contributed by atoms with Crippen LogP contribution in [0.1, 0.15) is 27.2 Å². The van der Waals surface area contributed by atoms with Gasteiger partial charge in [-0.3, -0.25) is 4.79 Å². The van der Waals surface area contributed by atoms with Crippen molar-refractivity contribution in [2.24, 2.45) is 5.10 Å². The molecule has 4 nitrogen and oxygen atoms in total. The first-order valence-electron chi connectivity index (χ1n) is 7.12. The third-order valence-electron chi connectivity index (χ3n) is 3.62. The van der Waals surface area contributed by atoms with Crippen LogP contribution >= 0.6 is 0 Å². The first-order valence-corrected chi connectivity index (χ1v) is 7.12. The highest BCUT2D eigenvalue weighted by atomic mass is 16.2. The minimum absolute atomic E-state index is 0.214. The molecule has 0 saturated heterocycles. The van der Waals surface area contributed by atoms with Crippen LogP contribution in [-0.2, 0) is 0 Å². The van der Waals surface area contributed by atoms with Gasteiger partial charge in [0.15, 0.2) is 0 Å². The van der Waals surface area contributed by atoms with Gasteiger partial charge in [0.2, 0.25) is 0 Å². The minimum Gasteiger partial charge on any atom is -0.358 e. The lowest BCUT2D eigenvalue weighted by molar-refractivity contribution is 0.0955. The number of H-pyrrole nitrogens is 1. The number of rotatable bonds is 3. The van der Waals surface area contributed by atoms with Crippen LogP contribution in [0.25, 0.3) is 10.9 Å². The summed E-state index contributed by atoms with van der Waals surface area (Å²) in [5.41, 5.74) is 7.35. The summed E-state index contributed by atoms with van der Waals surface area (Å²) >= 11 is 0. The fourth-order valence-electron chi connectivity index (χ4n) is 2.39. The average molecular weight is 291 g/mol. The Kier molecular flexibility index (Phi) is 3.74. The topological polar surface area (TPSA) is 57.2 Å². The molecule has 2 N–H and O–H groups in total. The second-order valence-electron chi connectivity index (χ2n) is 5.27. The van der Waals surface area contributed by atoms with Crippen LogP contribution in [0.2, 0.25) is 0 Å². The molecule has 3 aromatic rings. The first-order chi connectivity index (χ1) is 10.6. The maximum absolute atomic E-state index is 12.0. The zero-order valence-corrected chi connectivity index (χ0v) is 12.6. The number of hydrogen-bond donors (Lipinski definition) is 2. The van der Waals surface area contributed by atoms with E-state index in [0.29, 0.717) is 5.56 Å². The van der Waals surface area contributed by atoms with Crippen LogP contribution in [0.15, 0.2) is 53.6 Å². The van der Waals surface area contributed by atoms with Crippen molar-refractivity contribution < 1.29 is 4.79 Å². The number of amides is 1. The number of nitrogens with one attached hydrogen (secondary N) is 2. The second kappa shape index (κ2) is 5.85. The van der Waals surface area contributed by atoms with Crippen molar-refractivity contribution in [2.75, 3.05) is 0 Å². The lowest BCUT2D eigenvalue weighted by Gasteiger charge is -2.00. The summed E-state index contributed by atoms with van der Waals surface area (Å²) < 4.78 is 0. The van der Waals surface area contributed by atoms with Crippen molar-refractivity contribution in [3.8, 4) is 0 Å². The highest BCUT2D eigenvalue weighted by Gasteiger charge is 2.06. The van der Waals surface area contributed by atoms with Crippen LogP contribution in [-0.4, -0.2) is 17.1 Å². The maximum atomic E-state index is 12.0. The van der Waals surface area contributed by atoms with Crippen molar-refractivity contribution in [2.45, 2.75) is 13.8 Å². The zero-order valence-electron chi connectivity index (χ0n) is 12.6. The third kappa shape index (κ3) is 2.76. The zero-order chi connectivity index (χ0) is 15.5. The number of benzene rings is 2. The molecule has 110 valence electrons. The molecule has 0 bridgehead atoms. The number of fused-ring (bicyclic) bond motifs is 1. The molecule has 0 fully saturated rings. The van der Waals surface area contributed by atoms with Crippen LogP contribution in [0.3, 0.4) is 0 Å². The maximum Gasteiger partial charge on any atom is 0.271 e. The van der Waals surface area contributed by atoms with E-state index in [4.69, 9.17) is 0 Å². The van der Waals surface area contributed by atoms with Crippen molar-refractivity contribution in [1.29, 1.82) is 0 Å². The van der Waals surface area contributed by atoms with Gasteiger partial charge in [0.25, 0.3) is 5.91 Å². The van der Waals surface area contributed by atoms with Crippen molar-refractivity contribution >= 4 is 23.0 Å². The Labute approximate surface area is 128 Å². The Morgan fingerprint density at radius 2 is 1.82 bits per heavy atom. The van der Waals surface area contributed by atoms with Gasteiger partial charge < -0.3 is 4.98 Å². The minimum atomic E-state index is -0.214. The molecular weight excluding hydrogens is 274 g/mol. The number of para-hydroxylation sites is 1. The summed E-state index contributed by atoms with van der Waals surface area (Å²) in [4.78, 5) is 15.3. The summed E-state index contributed by atoms with van der Waals surface area (Å²) in [7, 11) is 0. The monoisotopic (exact) mass is 291 g/mol. The van der Waals surface area contributed by atoms with E-state index >= 15 is 0 Å². The molecule has 0 saturated carbocycles. The van der Waals surface area contributed by atoms with Gasteiger partial charge in [-0.25, -0.2) is 5.43 Å². The molecule has 4 heteroatoms. The fourth-order valence-corrected chi connectivity index (χ4v) is 2.39. The standard InChI is InChI=1S/C18H17N3O/c1-12-7-9-14(10-8-12)18(22)21-19-11-16-13(2)20-17-6-4-3-5-15(16)17/h3-11,20H,1-2H3,(H,21,22). The van der Waals surface area contributed by atoms with E-state index in [1.807, 2.05) is 50.2 Å². The normalized spacial score (nSPS) is 11.2. The first kappa shape index (κ1) is 14.1. The molecule has 0 aliphatic carbocycles. The predicted octanol–water partition coefficient (Wildman–Crippen LogP) is 3.55. The molecule has 1 aromatic heterocycles. The number of carbonyl (C=O) groups excluding carboxylic acids is 1. The van der Waals surface area contributed by atoms with Gasteiger partial charge in [-0.2, -0.15) is 5.10 Å². The number of carbonyl (C=O) groups is 1. The van der Waals surface area contributed by atoms with E-state index in [9.17, 15) is 4.79 Å². The molecule has 0 unspecified atom stereocenters. The van der Waals surface area contributed by atoms with E-state index < -0.39 is 0 Å². The molecule has 2 aromatic carbocycles. The smallest absolute Gasteiger partial charge is 0.271 e. The summed E-state index contributed by atoms with van der Waals surface area (Å²) in [6.07, 6.45) is 1.68. The molecule has 0 aliphatic heterocycles. The van der Waals surface area contributed by atoms with Gasteiger partial charge in [0, 0.05) is 27.7 Å². The molecule has 0 aliphatic rings. The van der Waals surface area contributed by atoms with Gasteiger partial charge in [-0.15, -0.1) is 0 Å². The largest absolute Gasteiger partial charge is 0.358 e. The molecule has 1 amide bonds. The molecular formula is C18H17N3O. The van der Waals surface area contributed by atoms with E-state index in [1.165, 1.54) is 0 Å².